The summed E-state index contributed by atoms with van der Waals surface area (Å²) < 4.78 is 6.34. The first kappa shape index (κ1) is 16.1. The molecule has 0 atom stereocenters. The number of halogens is 4. The van der Waals surface area contributed by atoms with Crippen LogP contribution in [0.25, 0.3) is 0 Å². The van der Waals surface area contributed by atoms with Gasteiger partial charge >= 0.3 is 11.1 Å². The van der Waals surface area contributed by atoms with Crippen LogP contribution in [0.2, 0.25) is 0 Å². The number of benzene rings is 2. The van der Waals surface area contributed by atoms with E-state index in [1.807, 2.05) is 36.4 Å². The maximum absolute atomic E-state index is 6.34. The second-order valence-electron chi connectivity index (χ2n) is 3.87. The normalized spacial score (nSPS) is 12.4. The Labute approximate surface area is 146 Å². The maximum atomic E-state index is 6.34. The van der Waals surface area contributed by atoms with Gasteiger partial charge in [0.1, 0.15) is 0 Å². The van der Waals surface area contributed by atoms with Gasteiger partial charge < -0.3 is 4.12 Å². The van der Waals surface area contributed by atoms with Crippen molar-refractivity contribution >= 4 is 82.7 Å². The van der Waals surface area contributed by atoms with E-state index < -0.39 is 11.1 Å². The average Bonchev–Trinajstić information content (AvgIpc) is 2.40. The fraction of sp³-hybridized carbons (Fsp3) is 0. The molecule has 0 aliphatic rings. The molecular formula is C12H10Br4OSi2. The van der Waals surface area contributed by atoms with E-state index in [1.54, 1.807) is 0 Å². The number of hydrogen-bond acceptors (Lipinski definition) is 1. The standard InChI is InChI=1S/C12H10Br4OSi2/c13-18(14,11-7-3-1-4-8-11)17-19(15,16)12-9-5-2-6-10-12/h1-10H. The lowest BCUT2D eigenvalue weighted by atomic mass is 10.4. The molecule has 0 aliphatic carbocycles. The molecule has 0 bridgehead atoms. The zero-order valence-electron chi connectivity index (χ0n) is 9.69. The molecule has 1 nitrogen and oxygen atoms in total. The second-order valence-corrected chi connectivity index (χ2v) is 27.7. The highest BCUT2D eigenvalue weighted by molar-refractivity contribution is 9.53. The first-order chi connectivity index (χ1) is 8.92. The minimum Gasteiger partial charge on any atom is -0.417 e. The van der Waals surface area contributed by atoms with Gasteiger partial charge in [0.15, 0.2) is 0 Å². The van der Waals surface area contributed by atoms with E-state index in [9.17, 15) is 0 Å². The Morgan fingerprint density at radius 1 is 0.579 bits per heavy atom. The summed E-state index contributed by atoms with van der Waals surface area (Å²) in [6, 6.07) is 20.3. The van der Waals surface area contributed by atoms with Crippen molar-refractivity contribution < 1.29 is 4.12 Å². The van der Waals surface area contributed by atoms with Crippen LogP contribution in [-0.2, 0) is 4.12 Å². The molecule has 7 heteroatoms. The summed E-state index contributed by atoms with van der Waals surface area (Å²) in [7, 11) is 0. The van der Waals surface area contributed by atoms with Crippen molar-refractivity contribution in [1.29, 1.82) is 0 Å². The quantitative estimate of drug-likeness (QED) is 0.412. The van der Waals surface area contributed by atoms with Crippen LogP contribution in [0.1, 0.15) is 0 Å². The van der Waals surface area contributed by atoms with Crippen LogP contribution < -0.4 is 10.4 Å². The molecule has 0 saturated heterocycles. The van der Waals surface area contributed by atoms with Gasteiger partial charge in [-0.15, -0.1) is 0 Å². The summed E-state index contributed by atoms with van der Waals surface area (Å²) in [4.78, 5) is 0. The van der Waals surface area contributed by atoms with Crippen LogP contribution in [0.5, 0.6) is 0 Å². The third kappa shape index (κ3) is 4.36. The smallest absolute Gasteiger partial charge is 0.360 e. The summed E-state index contributed by atoms with van der Waals surface area (Å²) in [6.07, 6.45) is 0. The zero-order valence-corrected chi connectivity index (χ0v) is 18.0. The van der Waals surface area contributed by atoms with Crippen LogP contribution in [0.15, 0.2) is 60.7 Å². The molecule has 0 fully saturated rings. The molecule has 0 heterocycles. The first-order valence-electron chi connectivity index (χ1n) is 5.49. The van der Waals surface area contributed by atoms with Crippen molar-refractivity contribution in [3.05, 3.63) is 60.7 Å². The van der Waals surface area contributed by atoms with E-state index in [1.165, 1.54) is 0 Å². The lowest BCUT2D eigenvalue weighted by Gasteiger charge is -2.28. The molecular weight excluding hydrogens is 536 g/mol. The van der Waals surface area contributed by atoms with Crippen molar-refractivity contribution in [2.24, 2.45) is 0 Å². The SMILES string of the molecule is Br[Si](Br)(O[Si](Br)(Br)c1ccccc1)c1ccccc1. The lowest BCUT2D eigenvalue weighted by Crippen LogP contribution is -2.51. The molecule has 0 N–H and O–H groups in total. The predicted molar refractivity (Wildman–Crippen MR) is 100 cm³/mol. The number of hydrogen-bond donors (Lipinski definition) is 0. The van der Waals surface area contributed by atoms with Gasteiger partial charge in [0, 0.05) is 0 Å². The summed E-state index contributed by atoms with van der Waals surface area (Å²) in [5, 5.41) is 2.28. The van der Waals surface area contributed by atoms with E-state index in [4.69, 9.17) is 4.12 Å². The van der Waals surface area contributed by atoms with Crippen molar-refractivity contribution in [2.75, 3.05) is 0 Å². The van der Waals surface area contributed by atoms with Gasteiger partial charge in [-0.3, -0.25) is 0 Å². The Morgan fingerprint density at radius 3 is 1.21 bits per heavy atom. The van der Waals surface area contributed by atoms with Gasteiger partial charge in [-0.25, -0.2) is 0 Å². The van der Waals surface area contributed by atoms with Crippen molar-refractivity contribution in [3.8, 4) is 0 Å². The van der Waals surface area contributed by atoms with Crippen LogP contribution in [0, 0.1) is 0 Å². The lowest BCUT2D eigenvalue weighted by molar-refractivity contribution is 0.643. The minimum atomic E-state index is -2.30. The van der Waals surface area contributed by atoms with E-state index in [0.29, 0.717) is 0 Å². The van der Waals surface area contributed by atoms with Gasteiger partial charge in [-0.1, -0.05) is 122 Å². The average molecular weight is 546 g/mol. The number of rotatable bonds is 4. The van der Waals surface area contributed by atoms with E-state index >= 15 is 0 Å². The van der Waals surface area contributed by atoms with Crippen molar-refractivity contribution in [3.63, 3.8) is 0 Å². The van der Waals surface area contributed by atoms with E-state index in [-0.39, 0.29) is 0 Å². The van der Waals surface area contributed by atoms with Crippen molar-refractivity contribution in [1.82, 2.24) is 0 Å². The minimum absolute atomic E-state index is 1.14. The molecule has 0 spiro atoms. The Balaban J connectivity index is 2.25. The van der Waals surface area contributed by atoms with Crippen LogP contribution in [-0.4, -0.2) is 11.1 Å². The van der Waals surface area contributed by atoms with Gasteiger partial charge in [-0.05, 0) is 10.4 Å². The highest BCUT2D eigenvalue weighted by atomic mass is 79.9. The third-order valence-electron chi connectivity index (χ3n) is 2.48. The molecule has 19 heavy (non-hydrogen) atoms. The first-order valence-corrected chi connectivity index (χ1v) is 18.3. The fourth-order valence-electron chi connectivity index (χ4n) is 1.54. The Bertz CT molecular complexity index is 484. The molecule has 2 aromatic rings. The second kappa shape index (κ2) is 6.68. The zero-order chi connectivity index (χ0) is 13.9. The molecule has 0 saturated carbocycles. The molecule has 2 rings (SSSR count). The highest BCUT2D eigenvalue weighted by Crippen LogP contribution is 2.32. The van der Waals surface area contributed by atoms with Gasteiger partial charge in [0.25, 0.3) is 0 Å². The van der Waals surface area contributed by atoms with Crippen LogP contribution in [0.4, 0.5) is 0 Å². The Hall–Kier alpha value is 0.754. The van der Waals surface area contributed by atoms with Crippen LogP contribution >= 0.6 is 61.2 Å². The summed E-state index contributed by atoms with van der Waals surface area (Å²) in [6.45, 7) is 0. The molecule has 0 radical (unpaired) electrons. The molecule has 0 unspecified atom stereocenters. The summed E-state index contributed by atoms with van der Waals surface area (Å²) in [5.74, 6) is 0. The molecule has 0 aromatic heterocycles. The van der Waals surface area contributed by atoms with Crippen LogP contribution in [0.3, 0.4) is 0 Å². The third-order valence-corrected chi connectivity index (χ3v) is 17.9. The van der Waals surface area contributed by atoms with Gasteiger partial charge in [0.2, 0.25) is 0 Å². The molecule has 100 valence electrons. The monoisotopic (exact) mass is 542 g/mol. The topological polar surface area (TPSA) is 9.23 Å². The maximum Gasteiger partial charge on any atom is 0.360 e. The van der Waals surface area contributed by atoms with Gasteiger partial charge in [-0.2, -0.15) is 0 Å². The summed E-state index contributed by atoms with van der Waals surface area (Å²) >= 11 is 14.9. The van der Waals surface area contributed by atoms with Gasteiger partial charge in [0.05, 0.1) is 0 Å². The highest BCUT2D eigenvalue weighted by Gasteiger charge is 2.43. The molecule has 0 amide bonds. The van der Waals surface area contributed by atoms with E-state index in [2.05, 4.69) is 85.4 Å². The predicted octanol–water partition coefficient (Wildman–Crippen LogP) is 4.27. The molecule has 0 aliphatic heterocycles. The van der Waals surface area contributed by atoms with Crippen molar-refractivity contribution in [2.45, 2.75) is 0 Å². The molecule has 2 aromatic carbocycles. The summed E-state index contributed by atoms with van der Waals surface area (Å²) in [5.41, 5.74) is -4.61. The fourth-order valence-corrected chi connectivity index (χ4v) is 24.7. The Morgan fingerprint density at radius 2 is 0.895 bits per heavy atom. The Kier molecular flexibility index (Phi) is 5.67. The van der Waals surface area contributed by atoms with E-state index in [0.717, 1.165) is 10.4 Å². The largest absolute Gasteiger partial charge is 0.417 e.